The van der Waals surface area contributed by atoms with Gasteiger partial charge in [0.05, 0.1) is 6.54 Å². The number of aromatic hydroxyl groups is 1. The number of anilines is 1. The molecular weight excluding hydrogens is 214 g/mol. The molecule has 2 aromatic rings. The largest absolute Gasteiger partial charge is 0.508 e. The smallest absolute Gasteiger partial charge is 0.123 e. The van der Waals surface area contributed by atoms with E-state index in [0.29, 0.717) is 12.3 Å². The molecule has 0 amide bonds. The molecule has 0 aliphatic rings. The lowest BCUT2D eigenvalue weighted by molar-refractivity contribution is 0.470. The van der Waals surface area contributed by atoms with Gasteiger partial charge in [0.25, 0.3) is 0 Å². The minimum absolute atomic E-state index is 0.335. The Morgan fingerprint density at radius 2 is 1.88 bits per heavy atom. The average molecular weight is 231 g/mol. The molecule has 0 fully saturated rings. The van der Waals surface area contributed by atoms with Crippen molar-refractivity contribution in [3.05, 3.63) is 46.9 Å². The van der Waals surface area contributed by atoms with Crippen LogP contribution in [-0.4, -0.2) is 5.11 Å². The molecule has 3 heteroatoms. The van der Waals surface area contributed by atoms with E-state index >= 15 is 0 Å². The van der Waals surface area contributed by atoms with Gasteiger partial charge in [-0.2, -0.15) is 0 Å². The van der Waals surface area contributed by atoms with Gasteiger partial charge in [-0.05, 0) is 56.2 Å². The van der Waals surface area contributed by atoms with Crippen LogP contribution in [0.5, 0.6) is 5.75 Å². The quantitative estimate of drug-likeness (QED) is 0.794. The van der Waals surface area contributed by atoms with Gasteiger partial charge >= 0.3 is 0 Å². The first-order valence-electron chi connectivity index (χ1n) is 5.65. The summed E-state index contributed by atoms with van der Waals surface area (Å²) < 4.78 is 5.49. The summed E-state index contributed by atoms with van der Waals surface area (Å²) in [5.74, 6) is 2.16. The summed E-state index contributed by atoms with van der Waals surface area (Å²) in [6, 6.07) is 7.63. The van der Waals surface area contributed by atoms with Gasteiger partial charge in [0.1, 0.15) is 17.3 Å². The van der Waals surface area contributed by atoms with E-state index in [-0.39, 0.29) is 0 Å². The second-order valence-electron chi connectivity index (χ2n) is 4.32. The maximum atomic E-state index is 9.57. The Balaban J connectivity index is 2.11. The normalized spacial score (nSPS) is 10.5. The highest BCUT2D eigenvalue weighted by Gasteiger charge is 2.04. The third-order valence-electron chi connectivity index (χ3n) is 2.79. The molecule has 0 saturated heterocycles. The van der Waals surface area contributed by atoms with Crippen LogP contribution >= 0.6 is 0 Å². The Labute approximate surface area is 101 Å². The van der Waals surface area contributed by atoms with Crippen LogP contribution in [0.2, 0.25) is 0 Å². The molecule has 0 aliphatic heterocycles. The number of hydrogen-bond donors (Lipinski definition) is 2. The summed E-state index contributed by atoms with van der Waals surface area (Å²) in [5, 5.41) is 12.9. The Hall–Kier alpha value is -1.90. The van der Waals surface area contributed by atoms with Crippen molar-refractivity contribution in [2.45, 2.75) is 27.3 Å². The van der Waals surface area contributed by atoms with Crippen LogP contribution < -0.4 is 5.32 Å². The molecule has 17 heavy (non-hydrogen) atoms. The highest BCUT2D eigenvalue weighted by atomic mass is 16.3. The Morgan fingerprint density at radius 1 is 1.12 bits per heavy atom. The monoisotopic (exact) mass is 231 g/mol. The van der Waals surface area contributed by atoms with Crippen LogP contribution in [0.3, 0.4) is 0 Å². The van der Waals surface area contributed by atoms with Crippen LogP contribution in [0.1, 0.15) is 22.6 Å². The molecule has 0 saturated carbocycles. The van der Waals surface area contributed by atoms with Crippen LogP contribution in [-0.2, 0) is 6.54 Å². The molecule has 0 spiro atoms. The third kappa shape index (κ3) is 2.61. The van der Waals surface area contributed by atoms with E-state index in [9.17, 15) is 5.11 Å². The second-order valence-corrected chi connectivity index (χ2v) is 4.32. The van der Waals surface area contributed by atoms with Crippen LogP contribution in [0.15, 0.2) is 28.7 Å². The van der Waals surface area contributed by atoms with Gasteiger partial charge in [0.2, 0.25) is 0 Å². The van der Waals surface area contributed by atoms with E-state index in [2.05, 4.69) is 5.32 Å². The van der Waals surface area contributed by atoms with E-state index in [1.165, 1.54) is 0 Å². The number of benzene rings is 1. The fraction of sp³-hybridized carbons (Fsp3) is 0.286. The fourth-order valence-electron chi connectivity index (χ4n) is 1.75. The first-order valence-corrected chi connectivity index (χ1v) is 5.65. The summed E-state index contributed by atoms with van der Waals surface area (Å²) in [6.07, 6.45) is 0. The number of phenols is 1. The number of rotatable bonds is 3. The van der Waals surface area contributed by atoms with Gasteiger partial charge in [0, 0.05) is 5.69 Å². The van der Waals surface area contributed by atoms with E-state index in [0.717, 1.165) is 28.3 Å². The lowest BCUT2D eigenvalue weighted by Gasteiger charge is -2.10. The predicted octanol–water partition coefficient (Wildman–Crippen LogP) is 3.52. The average Bonchev–Trinajstić information content (AvgIpc) is 2.68. The second kappa shape index (κ2) is 4.53. The van der Waals surface area contributed by atoms with Crippen LogP contribution in [0, 0.1) is 20.8 Å². The summed E-state index contributed by atoms with van der Waals surface area (Å²) in [6.45, 7) is 6.43. The van der Waals surface area contributed by atoms with Crippen molar-refractivity contribution in [1.29, 1.82) is 0 Å². The lowest BCUT2D eigenvalue weighted by Crippen LogP contribution is -2.00. The highest BCUT2D eigenvalue weighted by Crippen LogP contribution is 2.25. The fourth-order valence-corrected chi connectivity index (χ4v) is 1.75. The van der Waals surface area contributed by atoms with Crippen molar-refractivity contribution in [3.8, 4) is 5.75 Å². The van der Waals surface area contributed by atoms with Crippen molar-refractivity contribution in [3.63, 3.8) is 0 Å². The standard InChI is InChI=1S/C14H17NO2/c1-9-7-14(16)10(2)6-13(9)15-8-12-5-4-11(3)17-12/h4-7,15-16H,8H2,1-3H3. The van der Waals surface area contributed by atoms with Gasteiger partial charge in [-0.15, -0.1) is 0 Å². The number of aryl methyl sites for hydroxylation is 3. The van der Waals surface area contributed by atoms with Gasteiger partial charge in [-0.25, -0.2) is 0 Å². The number of furan rings is 1. The Morgan fingerprint density at radius 3 is 2.53 bits per heavy atom. The number of nitrogens with one attached hydrogen (secondary N) is 1. The minimum atomic E-state index is 0.335. The van der Waals surface area contributed by atoms with Gasteiger partial charge in [-0.3, -0.25) is 0 Å². The predicted molar refractivity (Wildman–Crippen MR) is 68.4 cm³/mol. The Kier molecular flexibility index (Phi) is 3.09. The molecule has 3 nitrogen and oxygen atoms in total. The molecule has 0 radical (unpaired) electrons. The number of phenolic OH excluding ortho intramolecular Hbond substituents is 1. The SMILES string of the molecule is Cc1ccc(CNc2cc(C)c(O)cc2C)o1. The van der Waals surface area contributed by atoms with E-state index in [4.69, 9.17) is 4.42 Å². The molecule has 2 N–H and O–H groups in total. The summed E-state index contributed by atoms with van der Waals surface area (Å²) in [5.41, 5.74) is 2.92. The van der Waals surface area contributed by atoms with Gasteiger partial charge in [0.15, 0.2) is 0 Å². The van der Waals surface area contributed by atoms with Crippen molar-refractivity contribution < 1.29 is 9.52 Å². The lowest BCUT2D eigenvalue weighted by atomic mass is 10.1. The van der Waals surface area contributed by atoms with Crippen molar-refractivity contribution in [2.24, 2.45) is 0 Å². The van der Waals surface area contributed by atoms with E-state index < -0.39 is 0 Å². The molecule has 2 rings (SSSR count). The van der Waals surface area contributed by atoms with Crippen molar-refractivity contribution in [2.75, 3.05) is 5.32 Å². The first kappa shape index (κ1) is 11.6. The first-order chi connectivity index (χ1) is 8.06. The van der Waals surface area contributed by atoms with E-state index in [1.807, 2.05) is 39.0 Å². The maximum absolute atomic E-state index is 9.57. The third-order valence-corrected chi connectivity index (χ3v) is 2.79. The molecule has 0 aliphatic carbocycles. The molecular formula is C14H17NO2. The zero-order valence-electron chi connectivity index (χ0n) is 10.4. The zero-order chi connectivity index (χ0) is 12.4. The van der Waals surface area contributed by atoms with Crippen molar-refractivity contribution in [1.82, 2.24) is 0 Å². The molecule has 0 atom stereocenters. The topological polar surface area (TPSA) is 45.4 Å². The number of hydrogen-bond acceptors (Lipinski definition) is 3. The molecule has 90 valence electrons. The minimum Gasteiger partial charge on any atom is -0.508 e. The summed E-state index contributed by atoms with van der Waals surface area (Å²) in [4.78, 5) is 0. The molecule has 0 unspecified atom stereocenters. The van der Waals surface area contributed by atoms with Gasteiger partial charge < -0.3 is 14.8 Å². The molecule has 1 aromatic carbocycles. The van der Waals surface area contributed by atoms with E-state index in [1.54, 1.807) is 6.07 Å². The highest BCUT2D eigenvalue weighted by molar-refractivity contribution is 5.56. The molecule has 0 bridgehead atoms. The Bertz CT molecular complexity index is 529. The summed E-state index contributed by atoms with van der Waals surface area (Å²) >= 11 is 0. The zero-order valence-corrected chi connectivity index (χ0v) is 10.4. The van der Waals surface area contributed by atoms with Crippen LogP contribution in [0.4, 0.5) is 5.69 Å². The van der Waals surface area contributed by atoms with Gasteiger partial charge in [-0.1, -0.05) is 0 Å². The maximum Gasteiger partial charge on any atom is 0.123 e. The summed E-state index contributed by atoms with van der Waals surface area (Å²) in [7, 11) is 0. The van der Waals surface area contributed by atoms with Crippen LogP contribution in [0.25, 0.3) is 0 Å². The molecule has 1 heterocycles. The molecule has 1 aromatic heterocycles. The van der Waals surface area contributed by atoms with Crippen molar-refractivity contribution >= 4 is 5.69 Å².